The van der Waals surface area contributed by atoms with Gasteiger partial charge in [-0.2, -0.15) is 0 Å². The van der Waals surface area contributed by atoms with E-state index in [9.17, 15) is 22.8 Å². The van der Waals surface area contributed by atoms with Gasteiger partial charge in [0.05, 0.1) is 12.2 Å². The second-order valence-corrected chi connectivity index (χ2v) is 5.29. The highest BCUT2D eigenvalue weighted by molar-refractivity contribution is 6.09. The van der Waals surface area contributed by atoms with Crippen LogP contribution in [-0.2, 0) is 11.3 Å². The molecule has 0 fully saturated rings. The van der Waals surface area contributed by atoms with Crippen molar-refractivity contribution < 1.29 is 22.8 Å². The SMILES string of the molecule is O=C1CCC(=O)N(Cc2cc(F)c(F)c(F)c2)c2ccccc21. The van der Waals surface area contributed by atoms with Crippen molar-refractivity contribution in [2.75, 3.05) is 4.90 Å². The number of anilines is 1. The number of hydrogen-bond acceptors (Lipinski definition) is 2. The number of amides is 1. The first-order chi connectivity index (χ1) is 11.0. The molecular formula is C17H12F3NO2. The van der Waals surface area contributed by atoms with Crippen LogP contribution in [0.1, 0.15) is 28.8 Å². The number of para-hydroxylation sites is 1. The number of benzene rings is 2. The van der Waals surface area contributed by atoms with Gasteiger partial charge < -0.3 is 4.90 Å². The molecule has 0 aromatic heterocycles. The third-order valence-corrected chi connectivity index (χ3v) is 3.75. The van der Waals surface area contributed by atoms with Gasteiger partial charge in [0, 0.05) is 18.4 Å². The van der Waals surface area contributed by atoms with Gasteiger partial charge in [0.1, 0.15) is 0 Å². The summed E-state index contributed by atoms with van der Waals surface area (Å²) in [5, 5.41) is 0. The predicted octanol–water partition coefficient (Wildman–Crippen LogP) is 3.61. The smallest absolute Gasteiger partial charge is 0.227 e. The van der Waals surface area contributed by atoms with Crippen molar-refractivity contribution in [3.05, 3.63) is 65.0 Å². The van der Waals surface area contributed by atoms with E-state index in [1.54, 1.807) is 24.3 Å². The summed E-state index contributed by atoms with van der Waals surface area (Å²) in [7, 11) is 0. The van der Waals surface area contributed by atoms with Gasteiger partial charge in [0.2, 0.25) is 5.91 Å². The number of hydrogen-bond donors (Lipinski definition) is 0. The lowest BCUT2D eigenvalue weighted by Gasteiger charge is -2.22. The third-order valence-electron chi connectivity index (χ3n) is 3.75. The van der Waals surface area contributed by atoms with Gasteiger partial charge in [0.25, 0.3) is 0 Å². The minimum absolute atomic E-state index is 0.0136. The summed E-state index contributed by atoms with van der Waals surface area (Å²) in [4.78, 5) is 25.6. The monoisotopic (exact) mass is 319 g/mol. The summed E-state index contributed by atoms with van der Waals surface area (Å²) in [5.41, 5.74) is 0.894. The minimum atomic E-state index is -1.55. The van der Waals surface area contributed by atoms with E-state index < -0.39 is 17.5 Å². The topological polar surface area (TPSA) is 37.4 Å². The Hall–Kier alpha value is -2.63. The van der Waals surface area contributed by atoms with Crippen LogP contribution in [0.4, 0.5) is 18.9 Å². The molecule has 2 aromatic carbocycles. The van der Waals surface area contributed by atoms with Crippen molar-refractivity contribution in [2.24, 2.45) is 0 Å². The van der Waals surface area contributed by atoms with Crippen molar-refractivity contribution in [2.45, 2.75) is 19.4 Å². The highest BCUT2D eigenvalue weighted by atomic mass is 19.2. The van der Waals surface area contributed by atoms with Crippen molar-refractivity contribution in [1.82, 2.24) is 0 Å². The molecule has 2 aromatic rings. The van der Waals surface area contributed by atoms with Gasteiger partial charge in [-0.15, -0.1) is 0 Å². The van der Waals surface area contributed by atoms with Crippen LogP contribution in [0.25, 0.3) is 0 Å². The molecule has 3 nitrogen and oxygen atoms in total. The number of ketones is 1. The first-order valence-electron chi connectivity index (χ1n) is 7.03. The zero-order chi connectivity index (χ0) is 16.6. The molecule has 1 heterocycles. The van der Waals surface area contributed by atoms with Gasteiger partial charge in [-0.25, -0.2) is 13.2 Å². The molecule has 0 bridgehead atoms. The summed E-state index contributed by atoms with van der Waals surface area (Å²) in [6, 6.07) is 8.26. The number of carbonyl (C=O) groups excluding carboxylic acids is 2. The molecule has 3 rings (SSSR count). The molecule has 0 unspecified atom stereocenters. The summed E-state index contributed by atoms with van der Waals surface area (Å²) >= 11 is 0. The maximum atomic E-state index is 13.4. The van der Waals surface area contributed by atoms with Crippen LogP contribution >= 0.6 is 0 Å². The zero-order valence-electron chi connectivity index (χ0n) is 12.0. The Labute approximate surface area is 130 Å². The van der Waals surface area contributed by atoms with Gasteiger partial charge in [-0.05, 0) is 29.8 Å². The van der Waals surface area contributed by atoms with E-state index in [4.69, 9.17) is 0 Å². The Morgan fingerprint density at radius 2 is 1.61 bits per heavy atom. The van der Waals surface area contributed by atoms with Crippen LogP contribution in [-0.4, -0.2) is 11.7 Å². The van der Waals surface area contributed by atoms with E-state index in [2.05, 4.69) is 0 Å². The molecule has 1 amide bonds. The van der Waals surface area contributed by atoms with Crippen LogP contribution in [0.15, 0.2) is 36.4 Å². The van der Waals surface area contributed by atoms with Crippen molar-refractivity contribution in [1.29, 1.82) is 0 Å². The zero-order valence-corrected chi connectivity index (χ0v) is 12.0. The van der Waals surface area contributed by atoms with Crippen molar-refractivity contribution >= 4 is 17.4 Å². The van der Waals surface area contributed by atoms with Crippen LogP contribution < -0.4 is 4.90 Å². The normalized spacial score (nSPS) is 14.7. The van der Waals surface area contributed by atoms with Gasteiger partial charge in [0.15, 0.2) is 23.2 Å². The standard InChI is InChI=1S/C17H12F3NO2/c18-12-7-10(8-13(19)17(12)20)9-21-14-4-2-1-3-11(14)15(22)5-6-16(21)23/h1-4,7-8H,5-6,9H2. The summed E-state index contributed by atoms with van der Waals surface area (Å²) in [6.45, 7) is -0.142. The number of Topliss-reactive ketones (excluding diaryl/α,β-unsaturated/α-hetero) is 1. The third kappa shape index (κ3) is 2.84. The molecule has 0 atom stereocenters. The molecule has 23 heavy (non-hydrogen) atoms. The minimum Gasteiger partial charge on any atom is -0.307 e. The Morgan fingerprint density at radius 3 is 2.30 bits per heavy atom. The van der Waals surface area contributed by atoms with Crippen LogP contribution in [0.3, 0.4) is 0 Å². The first kappa shape index (κ1) is 15.3. The Bertz CT molecular complexity index is 781. The van der Waals surface area contributed by atoms with E-state index in [1.165, 1.54) is 4.90 Å². The first-order valence-corrected chi connectivity index (χ1v) is 7.03. The fraction of sp³-hybridized carbons (Fsp3) is 0.176. The van der Waals surface area contributed by atoms with E-state index in [-0.39, 0.29) is 36.6 Å². The molecule has 118 valence electrons. The van der Waals surface area contributed by atoms with E-state index in [0.717, 1.165) is 12.1 Å². The number of nitrogens with zero attached hydrogens (tertiary/aromatic N) is 1. The number of halogens is 3. The average Bonchev–Trinajstić information content (AvgIpc) is 2.65. The largest absolute Gasteiger partial charge is 0.307 e. The van der Waals surface area contributed by atoms with Crippen LogP contribution in [0.2, 0.25) is 0 Å². The summed E-state index contributed by atoms with van der Waals surface area (Å²) < 4.78 is 39.8. The summed E-state index contributed by atoms with van der Waals surface area (Å²) in [5.74, 6) is -4.66. The molecule has 0 N–H and O–H groups in total. The lowest BCUT2D eigenvalue weighted by molar-refractivity contribution is -0.118. The second-order valence-electron chi connectivity index (χ2n) is 5.29. The highest BCUT2D eigenvalue weighted by Crippen LogP contribution is 2.28. The van der Waals surface area contributed by atoms with E-state index in [1.807, 2.05) is 0 Å². The van der Waals surface area contributed by atoms with Gasteiger partial charge >= 0.3 is 0 Å². The Balaban J connectivity index is 2.03. The fourth-order valence-electron chi connectivity index (χ4n) is 2.62. The second kappa shape index (κ2) is 5.87. The summed E-state index contributed by atoms with van der Waals surface area (Å²) in [6.07, 6.45) is 0.0954. The molecule has 6 heteroatoms. The van der Waals surface area contributed by atoms with Gasteiger partial charge in [-0.3, -0.25) is 9.59 Å². The van der Waals surface area contributed by atoms with Crippen molar-refractivity contribution in [3.63, 3.8) is 0 Å². The Morgan fingerprint density at radius 1 is 0.957 bits per heavy atom. The predicted molar refractivity (Wildman–Crippen MR) is 77.5 cm³/mol. The Kier molecular flexibility index (Phi) is 3.90. The number of carbonyl (C=O) groups is 2. The molecule has 0 spiro atoms. The lowest BCUT2D eigenvalue weighted by Crippen LogP contribution is -2.29. The van der Waals surface area contributed by atoms with E-state index >= 15 is 0 Å². The van der Waals surface area contributed by atoms with Crippen LogP contribution in [0.5, 0.6) is 0 Å². The molecule has 0 radical (unpaired) electrons. The number of rotatable bonds is 2. The maximum absolute atomic E-state index is 13.4. The molecular weight excluding hydrogens is 307 g/mol. The average molecular weight is 319 g/mol. The van der Waals surface area contributed by atoms with Crippen molar-refractivity contribution in [3.8, 4) is 0 Å². The van der Waals surface area contributed by atoms with Gasteiger partial charge in [-0.1, -0.05) is 12.1 Å². The maximum Gasteiger partial charge on any atom is 0.227 e. The quantitative estimate of drug-likeness (QED) is 0.793. The molecule has 0 saturated carbocycles. The number of fused-ring (bicyclic) bond motifs is 1. The molecule has 0 aliphatic carbocycles. The fourth-order valence-corrected chi connectivity index (χ4v) is 2.62. The lowest BCUT2D eigenvalue weighted by atomic mass is 10.1. The molecule has 1 aliphatic rings. The van der Waals surface area contributed by atoms with E-state index in [0.29, 0.717) is 11.3 Å². The molecule has 0 saturated heterocycles. The molecule has 1 aliphatic heterocycles. The highest BCUT2D eigenvalue weighted by Gasteiger charge is 2.26. The van der Waals surface area contributed by atoms with Crippen LogP contribution in [0, 0.1) is 17.5 Å².